The summed E-state index contributed by atoms with van der Waals surface area (Å²) < 4.78 is 10.8. The molecule has 39 heavy (non-hydrogen) atoms. The zero-order chi connectivity index (χ0) is 27.6. The van der Waals surface area contributed by atoms with Gasteiger partial charge in [0.1, 0.15) is 16.4 Å². The Hall–Kier alpha value is -3.50. The van der Waals surface area contributed by atoms with Crippen LogP contribution in [-0.4, -0.2) is 43.3 Å². The average molecular weight is 551 g/mol. The molecular formula is C29H34N4O5S. The lowest BCUT2D eigenvalue weighted by atomic mass is 9.72. The zero-order valence-electron chi connectivity index (χ0n) is 22.6. The number of nitro benzene ring substituents is 1. The van der Waals surface area contributed by atoms with Crippen LogP contribution in [0, 0.1) is 21.4 Å². The summed E-state index contributed by atoms with van der Waals surface area (Å²) in [7, 11) is 0. The van der Waals surface area contributed by atoms with Gasteiger partial charge in [0.25, 0.3) is 11.6 Å². The molecule has 2 aromatic heterocycles. The van der Waals surface area contributed by atoms with Gasteiger partial charge < -0.3 is 19.4 Å². The quantitative estimate of drug-likeness (QED) is 0.222. The Morgan fingerprint density at radius 2 is 2.08 bits per heavy atom. The highest BCUT2D eigenvalue weighted by atomic mass is 32.1. The molecule has 0 saturated carbocycles. The zero-order valence-corrected chi connectivity index (χ0v) is 23.4. The first-order chi connectivity index (χ1) is 18.7. The number of amides is 1. The third-order valence-corrected chi connectivity index (χ3v) is 8.74. The molecule has 206 valence electrons. The smallest absolute Gasteiger partial charge is 0.293 e. The number of thiophene rings is 1. The average Bonchev–Trinajstić information content (AvgIpc) is 3.57. The van der Waals surface area contributed by atoms with E-state index in [1.165, 1.54) is 4.88 Å². The Labute approximate surface area is 232 Å². The van der Waals surface area contributed by atoms with Crippen LogP contribution in [0.5, 0.6) is 0 Å². The second kappa shape index (κ2) is 11.3. The summed E-state index contributed by atoms with van der Waals surface area (Å²) in [4.78, 5) is 32.9. The van der Waals surface area contributed by atoms with E-state index in [1.54, 1.807) is 42.0 Å². The second-order valence-corrected chi connectivity index (χ2v) is 12.2. The largest absolute Gasteiger partial charge is 0.467 e. The third kappa shape index (κ3) is 6.07. The molecule has 1 N–H and O–H groups in total. The van der Waals surface area contributed by atoms with E-state index in [0.29, 0.717) is 66.3 Å². The summed E-state index contributed by atoms with van der Waals surface area (Å²) in [6.07, 6.45) is 5.96. The molecule has 10 heteroatoms. The maximum atomic E-state index is 13.4. The molecule has 0 unspecified atom stereocenters. The molecule has 1 saturated heterocycles. The van der Waals surface area contributed by atoms with Crippen LogP contribution in [-0.2, 0) is 24.1 Å². The van der Waals surface area contributed by atoms with E-state index < -0.39 is 0 Å². The maximum Gasteiger partial charge on any atom is 0.293 e. The van der Waals surface area contributed by atoms with Gasteiger partial charge in [-0.1, -0.05) is 26.8 Å². The highest BCUT2D eigenvalue weighted by molar-refractivity contribution is 7.16. The van der Waals surface area contributed by atoms with Crippen molar-refractivity contribution in [2.75, 3.05) is 31.2 Å². The summed E-state index contributed by atoms with van der Waals surface area (Å²) >= 11 is 1.55. The first-order valence-electron chi connectivity index (χ1n) is 13.3. The van der Waals surface area contributed by atoms with Crippen molar-refractivity contribution in [1.82, 2.24) is 5.32 Å². The number of aliphatic imine (C=N–C) groups is 1. The molecule has 2 aliphatic rings. The molecule has 1 amide bonds. The van der Waals surface area contributed by atoms with Crippen LogP contribution in [0.15, 0.2) is 46.0 Å². The number of morpholine rings is 1. The number of nitro groups is 1. The number of carbonyl (C=O) groups is 1. The first kappa shape index (κ1) is 27.1. The second-order valence-electron chi connectivity index (χ2n) is 11.1. The Bertz CT molecular complexity index is 1370. The molecule has 1 aromatic carbocycles. The van der Waals surface area contributed by atoms with E-state index in [-0.39, 0.29) is 21.9 Å². The number of ether oxygens (including phenoxy) is 1. The van der Waals surface area contributed by atoms with Crippen molar-refractivity contribution in [3.05, 3.63) is 74.0 Å². The van der Waals surface area contributed by atoms with Gasteiger partial charge in [0.05, 0.1) is 36.5 Å². The molecule has 1 fully saturated rings. The molecule has 0 radical (unpaired) electrons. The number of rotatable bonds is 7. The predicted octanol–water partition coefficient (Wildman–Crippen LogP) is 5.92. The molecule has 1 aliphatic heterocycles. The van der Waals surface area contributed by atoms with Crippen molar-refractivity contribution >= 4 is 39.8 Å². The SMILES string of the molecule is CC(C)(C)[C@H]1CCc2c(sc(N=Cc3ccc(N4CCOCC4)c([N+](=O)[O-])c3)c2C(=O)NCc2ccco2)C1. The van der Waals surface area contributed by atoms with Crippen LogP contribution in [0.4, 0.5) is 16.4 Å². The number of carbonyl (C=O) groups excluding carboxylic acids is 1. The van der Waals surface area contributed by atoms with Crippen LogP contribution in [0.1, 0.15) is 59.3 Å². The van der Waals surface area contributed by atoms with E-state index in [0.717, 1.165) is 24.8 Å². The van der Waals surface area contributed by atoms with Crippen molar-refractivity contribution in [3.8, 4) is 0 Å². The molecule has 3 aromatic rings. The standard InChI is InChI=1S/C29H34N4O5S/c1-29(2,3)20-7-8-22-25(16-20)39-28(26(22)27(34)30-18-21-5-4-12-38-21)31-17-19-6-9-23(24(15-19)33(35)36)32-10-13-37-14-11-32/h4-6,9,12,15,17,20H,7-8,10-11,13-14,16,18H2,1-3H3,(H,30,34)/t20-/m0/s1. The molecule has 9 nitrogen and oxygen atoms in total. The predicted molar refractivity (Wildman–Crippen MR) is 153 cm³/mol. The van der Waals surface area contributed by atoms with Gasteiger partial charge in [0.2, 0.25) is 0 Å². The monoisotopic (exact) mass is 550 g/mol. The Balaban J connectivity index is 1.45. The Morgan fingerprint density at radius 1 is 1.28 bits per heavy atom. The van der Waals surface area contributed by atoms with E-state index in [9.17, 15) is 14.9 Å². The van der Waals surface area contributed by atoms with E-state index in [2.05, 4.69) is 26.1 Å². The molecule has 0 spiro atoms. The number of anilines is 1. The topological polar surface area (TPSA) is 110 Å². The van der Waals surface area contributed by atoms with E-state index in [1.807, 2.05) is 17.0 Å². The number of nitrogens with zero attached hydrogens (tertiary/aromatic N) is 3. The van der Waals surface area contributed by atoms with E-state index in [4.69, 9.17) is 14.1 Å². The van der Waals surface area contributed by atoms with Gasteiger partial charge in [-0.15, -0.1) is 11.3 Å². The fraction of sp³-hybridized carbons (Fsp3) is 0.448. The number of benzene rings is 1. The van der Waals surface area contributed by atoms with Gasteiger partial charge in [-0.2, -0.15) is 0 Å². The number of hydrogen-bond acceptors (Lipinski definition) is 8. The summed E-state index contributed by atoms with van der Waals surface area (Å²) in [5, 5.41) is 15.5. The lowest BCUT2D eigenvalue weighted by Gasteiger charge is -2.33. The Morgan fingerprint density at radius 3 is 2.77 bits per heavy atom. The molecule has 0 bridgehead atoms. The van der Waals surface area contributed by atoms with Gasteiger partial charge in [-0.3, -0.25) is 14.9 Å². The van der Waals surface area contributed by atoms with Gasteiger partial charge >= 0.3 is 0 Å². The maximum absolute atomic E-state index is 13.4. The van der Waals surface area contributed by atoms with Crippen LogP contribution in [0.2, 0.25) is 0 Å². The lowest BCUT2D eigenvalue weighted by Crippen LogP contribution is -2.36. The summed E-state index contributed by atoms with van der Waals surface area (Å²) in [6.45, 7) is 9.40. The van der Waals surface area contributed by atoms with Crippen molar-refractivity contribution in [3.63, 3.8) is 0 Å². The highest BCUT2D eigenvalue weighted by Crippen LogP contribution is 2.45. The molecule has 1 atom stereocenters. The minimum atomic E-state index is -0.355. The van der Waals surface area contributed by atoms with Crippen molar-refractivity contribution in [2.24, 2.45) is 16.3 Å². The lowest BCUT2D eigenvalue weighted by molar-refractivity contribution is -0.384. The van der Waals surface area contributed by atoms with Crippen molar-refractivity contribution in [2.45, 2.75) is 46.6 Å². The fourth-order valence-corrected chi connectivity index (χ4v) is 6.55. The van der Waals surface area contributed by atoms with Gasteiger partial charge in [0, 0.05) is 30.2 Å². The van der Waals surface area contributed by atoms with E-state index >= 15 is 0 Å². The van der Waals surface area contributed by atoms with Gasteiger partial charge in [-0.05, 0) is 59.9 Å². The number of fused-ring (bicyclic) bond motifs is 1. The molecule has 3 heterocycles. The molecule has 5 rings (SSSR count). The van der Waals surface area contributed by atoms with Crippen molar-refractivity contribution < 1.29 is 18.9 Å². The van der Waals surface area contributed by atoms with Crippen molar-refractivity contribution in [1.29, 1.82) is 0 Å². The number of nitrogens with one attached hydrogen (secondary N) is 1. The molecule has 1 aliphatic carbocycles. The van der Waals surface area contributed by atoms with Crippen LogP contribution >= 0.6 is 11.3 Å². The number of hydrogen-bond donors (Lipinski definition) is 1. The first-order valence-corrected chi connectivity index (χ1v) is 14.1. The normalized spacial score (nSPS) is 17.8. The number of furan rings is 1. The fourth-order valence-electron chi connectivity index (χ4n) is 5.28. The van der Waals surface area contributed by atoms with Crippen LogP contribution < -0.4 is 10.2 Å². The third-order valence-electron chi connectivity index (χ3n) is 7.58. The summed E-state index contributed by atoms with van der Waals surface area (Å²) in [5.41, 5.74) is 3.07. The van der Waals surface area contributed by atoms with Gasteiger partial charge in [-0.25, -0.2) is 4.99 Å². The summed E-state index contributed by atoms with van der Waals surface area (Å²) in [6, 6.07) is 8.77. The highest BCUT2D eigenvalue weighted by Gasteiger charge is 2.33. The minimum absolute atomic E-state index is 0.0377. The minimum Gasteiger partial charge on any atom is -0.467 e. The molecular weight excluding hydrogens is 516 g/mol. The van der Waals surface area contributed by atoms with Crippen LogP contribution in [0.3, 0.4) is 0 Å². The van der Waals surface area contributed by atoms with Gasteiger partial charge in [0.15, 0.2) is 0 Å². The van der Waals surface area contributed by atoms with Crippen LogP contribution in [0.25, 0.3) is 0 Å². The summed E-state index contributed by atoms with van der Waals surface area (Å²) in [5.74, 6) is 1.02. The Kier molecular flexibility index (Phi) is 7.86.